The molecule has 0 spiro atoms. The first-order chi connectivity index (χ1) is 11.2. The highest BCUT2D eigenvalue weighted by Gasteiger charge is 2.15. The molecule has 0 aliphatic rings. The largest absolute Gasteiger partial charge is 0.383 e. The van der Waals surface area contributed by atoms with Gasteiger partial charge in [0, 0.05) is 19.2 Å². The average Bonchev–Trinajstić information content (AvgIpc) is 2.44. The van der Waals surface area contributed by atoms with Crippen molar-refractivity contribution in [1.82, 2.24) is 10.0 Å². The molecule has 1 aromatic rings. The number of nitrogens with zero attached hydrogens (tertiary/aromatic N) is 1. The molecule has 0 amide bonds. The van der Waals surface area contributed by atoms with E-state index in [1.54, 1.807) is 27.0 Å². The van der Waals surface area contributed by atoms with Crippen LogP contribution in [-0.2, 0) is 27.1 Å². The maximum absolute atomic E-state index is 12.1. The second-order valence-electron chi connectivity index (χ2n) is 6.00. The normalized spacial score (nSPS) is 13.4. The summed E-state index contributed by atoms with van der Waals surface area (Å²) in [5, 5.41) is 3.02. The smallest absolute Gasteiger partial charge is 0.216 e. The molecule has 4 N–H and O–H groups in total. The van der Waals surface area contributed by atoms with Gasteiger partial charge in [0.15, 0.2) is 5.96 Å². The van der Waals surface area contributed by atoms with Crippen LogP contribution in [-0.4, -0.2) is 40.2 Å². The van der Waals surface area contributed by atoms with Crippen molar-refractivity contribution >= 4 is 40.0 Å². The van der Waals surface area contributed by atoms with E-state index in [-0.39, 0.29) is 41.8 Å². The van der Waals surface area contributed by atoms with Gasteiger partial charge >= 0.3 is 0 Å². The monoisotopic (exact) mass is 484 g/mol. The summed E-state index contributed by atoms with van der Waals surface area (Å²) in [7, 11) is -1.76. The Hall–Kier alpha value is -0.910. The highest BCUT2D eigenvalue weighted by Crippen LogP contribution is 2.13. The van der Waals surface area contributed by atoms with Crippen LogP contribution >= 0.6 is 24.0 Å². The first kappa shape index (κ1) is 24.1. The molecule has 0 radical (unpaired) electrons. The molecule has 0 aromatic heterocycles. The van der Waals surface area contributed by atoms with Gasteiger partial charge in [-0.2, -0.15) is 0 Å². The molecule has 0 heterocycles. The summed E-state index contributed by atoms with van der Waals surface area (Å²) in [4.78, 5) is 4.28. The molecule has 1 rings (SSSR count). The van der Waals surface area contributed by atoms with Crippen molar-refractivity contribution < 1.29 is 13.2 Å². The molecule has 1 atom stereocenters. The van der Waals surface area contributed by atoms with E-state index in [4.69, 9.17) is 10.5 Å². The number of nitrogens with one attached hydrogen (secondary N) is 2. The Labute approximate surface area is 167 Å². The van der Waals surface area contributed by atoms with E-state index >= 15 is 0 Å². The van der Waals surface area contributed by atoms with E-state index in [9.17, 15) is 8.42 Å². The zero-order chi connectivity index (χ0) is 18.2. The van der Waals surface area contributed by atoms with Crippen LogP contribution in [0.2, 0.25) is 0 Å². The summed E-state index contributed by atoms with van der Waals surface area (Å²) < 4.78 is 31.9. The van der Waals surface area contributed by atoms with Crippen LogP contribution in [0.5, 0.6) is 0 Å². The average molecular weight is 484 g/mol. The van der Waals surface area contributed by atoms with Gasteiger partial charge in [-0.05, 0) is 31.9 Å². The van der Waals surface area contributed by atoms with Gasteiger partial charge in [-0.25, -0.2) is 18.1 Å². The third-order valence-electron chi connectivity index (χ3n) is 3.11. The predicted octanol–water partition coefficient (Wildman–Crippen LogP) is 1.57. The number of halogens is 1. The highest BCUT2D eigenvalue weighted by atomic mass is 127. The van der Waals surface area contributed by atoms with E-state index < -0.39 is 10.0 Å². The van der Waals surface area contributed by atoms with Crippen molar-refractivity contribution in [2.45, 2.75) is 45.2 Å². The first-order valence-electron chi connectivity index (χ1n) is 7.85. The minimum Gasteiger partial charge on any atom is -0.383 e. The van der Waals surface area contributed by atoms with E-state index in [0.29, 0.717) is 24.7 Å². The summed E-state index contributed by atoms with van der Waals surface area (Å²) in [6.07, 6.45) is 0. The lowest BCUT2D eigenvalue weighted by molar-refractivity contribution is 0.179. The summed E-state index contributed by atoms with van der Waals surface area (Å²) in [6.45, 7) is 6.35. The number of hydrogen-bond acceptors (Lipinski definition) is 4. The number of nitrogens with two attached hydrogens (primary N) is 1. The molecule has 0 bridgehead atoms. The van der Waals surface area contributed by atoms with E-state index in [0.717, 1.165) is 5.56 Å². The van der Waals surface area contributed by atoms with E-state index in [1.165, 1.54) is 0 Å². The summed E-state index contributed by atoms with van der Waals surface area (Å²) >= 11 is 0. The van der Waals surface area contributed by atoms with Crippen molar-refractivity contribution in [3.63, 3.8) is 0 Å². The van der Waals surface area contributed by atoms with Crippen LogP contribution in [0, 0.1) is 0 Å². The summed E-state index contributed by atoms with van der Waals surface area (Å²) in [6, 6.07) is 7.23. The van der Waals surface area contributed by atoms with Crippen LogP contribution in [0.15, 0.2) is 29.3 Å². The number of ether oxygens (including phenoxy) is 1. The Morgan fingerprint density at radius 2 is 1.84 bits per heavy atom. The minimum atomic E-state index is -3.38. The van der Waals surface area contributed by atoms with Gasteiger partial charge < -0.3 is 15.8 Å². The maximum atomic E-state index is 12.1. The molecule has 25 heavy (non-hydrogen) atoms. The molecule has 1 unspecified atom stereocenters. The van der Waals surface area contributed by atoms with Crippen LogP contribution in [0.1, 0.15) is 31.9 Å². The quantitative estimate of drug-likeness (QED) is 0.280. The number of methoxy groups -OCH3 is 1. The van der Waals surface area contributed by atoms with Crippen LogP contribution in [0.4, 0.5) is 0 Å². The first-order valence-corrected chi connectivity index (χ1v) is 9.51. The fraction of sp³-hybridized carbons (Fsp3) is 0.562. The summed E-state index contributed by atoms with van der Waals surface area (Å²) in [5.74, 6) is 0.224. The zero-order valence-electron chi connectivity index (χ0n) is 15.2. The maximum Gasteiger partial charge on any atom is 0.216 e. The molecule has 0 aliphatic heterocycles. The third kappa shape index (κ3) is 9.97. The number of aliphatic imine (C=N–C) groups is 1. The summed E-state index contributed by atoms with van der Waals surface area (Å²) in [5.41, 5.74) is 7.39. The number of guanidine groups is 1. The van der Waals surface area contributed by atoms with Gasteiger partial charge in [0.05, 0.1) is 18.9 Å². The molecule has 0 aliphatic carbocycles. The van der Waals surface area contributed by atoms with Crippen LogP contribution in [0.3, 0.4) is 0 Å². The Morgan fingerprint density at radius 3 is 2.40 bits per heavy atom. The predicted molar refractivity (Wildman–Crippen MR) is 113 cm³/mol. The number of hydrogen-bond donors (Lipinski definition) is 3. The molecule has 9 heteroatoms. The van der Waals surface area contributed by atoms with E-state index in [2.05, 4.69) is 15.0 Å². The molecule has 144 valence electrons. The lowest BCUT2D eigenvalue weighted by Crippen LogP contribution is -2.40. The minimum absolute atomic E-state index is 0. The van der Waals surface area contributed by atoms with Crippen molar-refractivity contribution in [3.05, 3.63) is 35.4 Å². The number of benzene rings is 1. The van der Waals surface area contributed by atoms with Crippen LogP contribution in [0.25, 0.3) is 0 Å². The van der Waals surface area contributed by atoms with Crippen molar-refractivity contribution in [1.29, 1.82) is 0 Å². The third-order valence-corrected chi connectivity index (χ3v) is 4.63. The van der Waals surface area contributed by atoms with E-state index in [1.807, 2.05) is 25.1 Å². The lowest BCUT2D eigenvalue weighted by Gasteiger charge is -2.14. The Balaban J connectivity index is 0.00000576. The molecule has 7 nitrogen and oxygen atoms in total. The standard InChI is InChI=1S/C16H28N4O3S.HI/c1-12(2)20-24(21,22)11-15-8-6-5-7-14(15)9-18-16(17)19-13(3)10-23-4;/h5-8,12-13,20H,9-11H2,1-4H3,(H3,17,18,19);1H. The van der Waals surface area contributed by atoms with Crippen molar-refractivity contribution in [2.24, 2.45) is 10.7 Å². The fourth-order valence-corrected chi connectivity index (χ4v) is 3.71. The Morgan fingerprint density at radius 1 is 1.24 bits per heavy atom. The lowest BCUT2D eigenvalue weighted by atomic mass is 10.1. The van der Waals surface area contributed by atoms with Gasteiger partial charge in [-0.15, -0.1) is 24.0 Å². The molecular weight excluding hydrogens is 455 g/mol. The van der Waals surface area contributed by atoms with Crippen molar-refractivity contribution in [2.75, 3.05) is 13.7 Å². The SMILES string of the molecule is COCC(C)NC(N)=NCc1ccccc1CS(=O)(=O)NC(C)C.I. The van der Waals surface area contributed by atoms with Crippen LogP contribution < -0.4 is 15.8 Å². The number of rotatable bonds is 9. The molecule has 0 fully saturated rings. The molecule has 1 aromatic carbocycles. The highest BCUT2D eigenvalue weighted by molar-refractivity contribution is 14.0. The van der Waals surface area contributed by atoms with Gasteiger partial charge in [-0.1, -0.05) is 24.3 Å². The molecule has 0 saturated heterocycles. The topological polar surface area (TPSA) is 106 Å². The van der Waals surface area contributed by atoms with Gasteiger partial charge in [0.25, 0.3) is 0 Å². The fourth-order valence-electron chi connectivity index (χ4n) is 2.22. The molecular formula is C16H29IN4O3S. The Kier molecular flexibility index (Phi) is 11.2. The van der Waals surface area contributed by atoms with Crippen molar-refractivity contribution in [3.8, 4) is 0 Å². The van der Waals surface area contributed by atoms with Gasteiger partial charge in [0.1, 0.15) is 0 Å². The van der Waals surface area contributed by atoms with Gasteiger partial charge in [0.2, 0.25) is 10.0 Å². The second-order valence-corrected chi connectivity index (χ2v) is 7.76. The number of sulfonamides is 1. The second kappa shape index (κ2) is 11.7. The zero-order valence-corrected chi connectivity index (χ0v) is 18.3. The van der Waals surface area contributed by atoms with Gasteiger partial charge in [-0.3, -0.25) is 0 Å². The molecule has 0 saturated carbocycles. The Bertz CT molecular complexity index is 651.